The smallest absolute Gasteiger partial charge is 0.0197 e. The van der Waals surface area contributed by atoms with Gasteiger partial charge < -0.3 is 0 Å². The summed E-state index contributed by atoms with van der Waals surface area (Å²) >= 11 is 0. The predicted octanol–water partition coefficient (Wildman–Crippen LogP) is 3.44. The van der Waals surface area contributed by atoms with Gasteiger partial charge in [-0.15, -0.1) is 0 Å². The second-order valence-corrected chi connectivity index (χ2v) is 6.70. The third-order valence-electron chi connectivity index (χ3n) is 4.29. The van der Waals surface area contributed by atoms with E-state index < -0.39 is 0 Å². The van der Waals surface area contributed by atoms with Gasteiger partial charge in [-0.2, -0.15) is 0 Å². The molecule has 2 rings (SSSR count). The van der Waals surface area contributed by atoms with Crippen molar-refractivity contribution < 1.29 is 0 Å². The van der Waals surface area contributed by atoms with Crippen LogP contribution in [0, 0.1) is 5.41 Å². The summed E-state index contributed by atoms with van der Waals surface area (Å²) < 4.78 is 0. The van der Waals surface area contributed by atoms with Crippen LogP contribution < -0.4 is 0 Å². The quantitative estimate of drug-likeness (QED) is 0.619. The maximum absolute atomic E-state index is 2.79. The first-order valence-electron chi connectivity index (χ1n) is 6.13. The molecule has 2 atom stereocenters. The Hall–Kier alpha value is -0.0400. The van der Waals surface area contributed by atoms with Crippen molar-refractivity contribution >= 4 is 0 Å². The van der Waals surface area contributed by atoms with Gasteiger partial charge in [-0.05, 0) is 51.9 Å². The number of nitrogens with zero attached hydrogens (tertiary/aromatic N) is 1. The summed E-state index contributed by atoms with van der Waals surface area (Å²) in [6.45, 7) is 12.1. The zero-order chi connectivity index (χ0) is 10.6. The SMILES string of the molecule is CC1CCC(C)N1C1(C)CC(C)(C)C1. The Morgan fingerprint density at radius 3 is 1.71 bits per heavy atom. The standard InChI is InChI=1S/C13H25N/c1-10-6-7-11(2)14(10)13(5)8-12(3,4)9-13/h10-11H,6-9H2,1-5H3. The van der Waals surface area contributed by atoms with Crippen molar-refractivity contribution in [1.29, 1.82) is 0 Å². The van der Waals surface area contributed by atoms with Gasteiger partial charge >= 0.3 is 0 Å². The zero-order valence-corrected chi connectivity index (χ0v) is 10.4. The second-order valence-electron chi connectivity index (χ2n) is 6.70. The Morgan fingerprint density at radius 2 is 1.36 bits per heavy atom. The van der Waals surface area contributed by atoms with Crippen molar-refractivity contribution in [2.24, 2.45) is 5.41 Å². The molecule has 0 aromatic carbocycles. The van der Waals surface area contributed by atoms with E-state index in [-0.39, 0.29) is 0 Å². The maximum atomic E-state index is 2.79. The van der Waals surface area contributed by atoms with Gasteiger partial charge in [0.15, 0.2) is 0 Å². The Morgan fingerprint density at radius 1 is 0.929 bits per heavy atom. The van der Waals surface area contributed by atoms with Gasteiger partial charge in [0.1, 0.15) is 0 Å². The Labute approximate surface area is 88.9 Å². The molecule has 0 aromatic rings. The highest BCUT2D eigenvalue weighted by Crippen LogP contribution is 2.53. The van der Waals surface area contributed by atoms with Crippen molar-refractivity contribution in [3.8, 4) is 0 Å². The molecule has 1 heteroatoms. The fourth-order valence-electron chi connectivity index (χ4n) is 4.45. The summed E-state index contributed by atoms with van der Waals surface area (Å²) in [5, 5.41) is 0. The lowest BCUT2D eigenvalue weighted by atomic mass is 9.59. The molecule has 2 unspecified atom stereocenters. The van der Waals surface area contributed by atoms with E-state index in [9.17, 15) is 0 Å². The summed E-state index contributed by atoms with van der Waals surface area (Å²) in [6, 6.07) is 1.62. The van der Waals surface area contributed by atoms with E-state index in [1.807, 2.05) is 0 Å². The van der Waals surface area contributed by atoms with Crippen LogP contribution in [0.3, 0.4) is 0 Å². The van der Waals surface area contributed by atoms with Gasteiger partial charge in [0, 0.05) is 17.6 Å². The molecule has 2 fully saturated rings. The van der Waals surface area contributed by atoms with Crippen molar-refractivity contribution in [1.82, 2.24) is 4.90 Å². The van der Waals surface area contributed by atoms with Crippen molar-refractivity contribution in [3.05, 3.63) is 0 Å². The van der Waals surface area contributed by atoms with Crippen molar-refractivity contribution in [3.63, 3.8) is 0 Å². The van der Waals surface area contributed by atoms with Crippen LogP contribution in [-0.2, 0) is 0 Å². The minimum Gasteiger partial charge on any atom is -0.293 e. The molecule has 1 aliphatic heterocycles. The van der Waals surface area contributed by atoms with E-state index in [1.165, 1.54) is 25.7 Å². The minimum absolute atomic E-state index is 0.513. The number of likely N-dealkylation sites (tertiary alicyclic amines) is 1. The zero-order valence-electron chi connectivity index (χ0n) is 10.4. The van der Waals surface area contributed by atoms with Gasteiger partial charge in [0.2, 0.25) is 0 Å². The second kappa shape index (κ2) is 2.98. The fraction of sp³-hybridized carbons (Fsp3) is 1.00. The van der Waals surface area contributed by atoms with E-state index in [0.717, 1.165) is 12.1 Å². The van der Waals surface area contributed by atoms with Crippen LogP contribution in [0.5, 0.6) is 0 Å². The highest BCUT2D eigenvalue weighted by Gasteiger charge is 2.52. The molecular formula is C13H25N. The topological polar surface area (TPSA) is 3.24 Å². The van der Waals surface area contributed by atoms with Crippen molar-refractivity contribution in [2.45, 2.75) is 77.9 Å². The molecule has 1 heterocycles. The van der Waals surface area contributed by atoms with Crippen LogP contribution >= 0.6 is 0 Å². The average molecular weight is 195 g/mol. The van der Waals surface area contributed by atoms with Crippen LogP contribution in [0.2, 0.25) is 0 Å². The van der Waals surface area contributed by atoms with Gasteiger partial charge in [0.05, 0.1) is 0 Å². The highest BCUT2D eigenvalue weighted by molar-refractivity contribution is 5.07. The summed E-state index contributed by atoms with van der Waals surface area (Å²) in [5.41, 5.74) is 1.11. The summed E-state index contributed by atoms with van der Waals surface area (Å²) in [6.07, 6.45) is 5.57. The Bertz CT molecular complexity index is 213. The largest absolute Gasteiger partial charge is 0.293 e. The number of hydrogen-bond donors (Lipinski definition) is 0. The first-order chi connectivity index (χ1) is 6.34. The third-order valence-corrected chi connectivity index (χ3v) is 4.29. The minimum atomic E-state index is 0.513. The normalized spacial score (nSPS) is 40.9. The van der Waals surface area contributed by atoms with E-state index in [0.29, 0.717) is 11.0 Å². The fourth-order valence-corrected chi connectivity index (χ4v) is 4.45. The number of hydrogen-bond acceptors (Lipinski definition) is 1. The van der Waals surface area contributed by atoms with Crippen LogP contribution in [0.25, 0.3) is 0 Å². The van der Waals surface area contributed by atoms with Crippen LogP contribution in [0.1, 0.15) is 60.3 Å². The Balaban J connectivity index is 2.08. The molecule has 82 valence electrons. The molecule has 1 saturated carbocycles. The van der Waals surface area contributed by atoms with E-state index in [1.54, 1.807) is 0 Å². The van der Waals surface area contributed by atoms with E-state index in [2.05, 4.69) is 39.5 Å². The predicted molar refractivity (Wildman–Crippen MR) is 61.4 cm³/mol. The first kappa shape index (κ1) is 10.5. The van der Waals surface area contributed by atoms with Crippen LogP contribution in [0.4, 0.5) is 0 Å². The average Bonchev–Trinajstić information content (AvgIpc) is 2.26. The van der Waals surface area contributed by atoms with Crippen LogP contribution in [-0.4, -0.2) is 22.5 Å². The monoisotopic (exact) mass is 195 g/mol. The lowest BCUT2D eigenvalue weighted by Gasteiger charge is -2.58. The van der Waals surface area contributed by atoms with Gasteiger partial charge in [0.25, 0.3) is 0 Å². The van der Waals surface area contributed by atoms with Gasteiger partial charge in [-0.3, -0.25) is 4.90 Å². The Kier molecular flexibility index (Phi) is 2.23. The molecule has 1 saturated heterocycles. The third kappa shape index (κ3) is 1.50. The lowest BCUT2D eigenvalue weighted by Crippen LogP contribution is -2.61. The van der Waals surface area contributed by atoms with Gasteiger partial charge in [-0.1, -0.05) is 13.8 Å². The molecule has 0 amide bonds. The summed E-state index contributed by atoms with van der Waals surface area (Å²) in [5.74, 6) is 0. The van der Waals surface area contributed by atoms with E-state index in [4.69, 9.17) is 0 Å². The first-order valence-corrected chi connectivity index (χ1v) is 6.13. The van der Waals surface area contributed by atoms with E-state index >= 15 is 0 Å². The molecule has 1 aliphatic carbocycles. The lowest BCUT2D eigenvalue weighted by molar-refractivity contribution is -0.0750. The maximum Gasteiger partial charge on any atom is 0.0197 e. The molecule has 1 nitrogen and oxygen atoms in total. The molecular weight excluding hydrogens is 170 g/mol. The molecule has 0 N–H and O–H groups in total. The highest BCUT2D eigenvalue weighted by atomic mass is 15.3. The van der Waals surface area contributed by atoms with Gasteiger partial charge in [-0.25, -0.2) is 0 Å². The molecule has 0 radical (unpaired) electrons. The summed E-state index contributed by atoms with van der Waals surface area (Å²) in [7, 11) is 0. The molecule has 0 spiro atoms. The number of rotatable bonds is 1. The molecule has 2 aliphatic rings. The molecule has 14 heavy (non-hydrogen) atoms. The van der Waals surface area contributed by atoms with Crippen molar-refractivity contribution in [2.75, 3.05) is 0 Å². The van der Waals surface area contributed by atoms with Crippen LogP contribution in [0.15, 0.2) is 0 Å². The summed E-state index contributed by atoms with van der Waals surface area (Å²) in [4.78, 5) is 2.79. The molecule has 0 aromatic heterocycles. The molecule has 0 bridgehead atoms.